The van der Waals surface area contributed by atoms with E-state index in [0.29, 0.717) is 12.1 Å². The van der Waals surface area contributed by atoms with Gasteiger partial charge in [-0.1, -0.05) is 5.92 Å². The molecule has 1 nitrogen and oxygen atoms in total. The average Bonchev–Trinajstić information content (AvgIpc) is 2.23. The SMILES string of the molecule is C#CC[N]c1cc(C(F)(F)F)cc(C(F)(F)F)c1. The Kier molecular flexibility index (Phi) is 3.79. The van der Waals surface area contributed by atoms with Crippen molar-refractivity contribution in [3.05, 3.63) is 29.3 Å². The highest BCUT2D eigenvalue weighted by atomic mass is 19.4. The van der Waals surface area contributed by atoms with E-state index in [2.05, 4.69) is 5.32 Å². The maximum atomic E-state index is 12.4. The molecular weight excluding hydrogens is 260 g/mol. The summed E-state index contributed by atoms with van der Waals surface area (Å²) in [5, 5.41) is 3.44. The first-order chi connectivity index (χ1) is 8.14. The minimum Gasteiger partial charge on any atom is -0.272 e. The molecule has 0 saturated carbocycles. The number of hydrogen-bond acceptors (Lipinski definition) is 0. The molecule has 0 heterocycles. The third-order valence-electron chi connectivity index (χ3n) is 1.93. The van der Waals surface area contributed by atoms with Gasteiger partial charge in [0.1, 0.15) is 6.54 Å². The number of rotatable bonds is 2. The van der Waals surface area contributed by atoms with Gasteiger partial charge in [0, 0.05) is 0 Å². The fourth-order valence-corrected chi connectivity index (χ4v) is 1.17. The summed E-state index contributed by atoms with van der Waals surface area (Å²) in [6, 6.07) is 1.08. The van der Waals surface area contributed by atoms with Gasteiger partial charge in [-0.3, -0.25) is 5.32 Å². The Morgan fingerprint density at radius 2 is 1.39 bits per heavy atom. The van der Waals surface area contributed by atoms with E-state index in [1.165, 1.54) is 0 Å². The Balaban J connectivity index is 3.26. The van der Waals surface area contributed by atoms with Gasteiger partial charge < -0.3 is 0 Å². The molecule has 18 heavy (non-hydrogen) atoms. The normalized spacial score (nSPS) is 12.1. The Labute approximate surface area is 98.8 Å². The van der Waals surface area contributed by atoms with Crippen LogP contribution in [0.15, 0.2) is 18.2 Å². The summed E-state index contributed by atoms with van der Waals surface area (Å²) in [7, 11) is 0. The van der Waals surface area contributed by atoms with E-state index in [1.54, 1.807) is 0 Å². The topological polar surface area (TPSA) is 14.1 Å². The molecular formula is C11H6F6N. The highest BCUT2D eigenvalue weighted by Crippen LogP contribution is 2.37. The van der Waals surface area contributed by atoms with E-state index in [1.807, 2.05) is 5.92 Å². The Morgan fingerprint density at radius 1 is 0.944 bits per heavy atom. The van der Waals surface area contributed by atoms with Gasteiger partial charge in [-0.05, 0) is 18.2 Å². The van der Waals surface area contributed by atoms with Gasteiger partial charge in [0.25, 0.3) is 0 Å². The molecule has 1 aromatic rings. The molecule has 0 amide bonds. The number of nitrogens with zero attached hydrogens (tertiary/aromatic N) is 1. The molecule has 0 N–H and O–H groups in total. The van der Waals surface area contributed by atoms with Crippen molar-refractivity contribution in [2.24, 2.45) is 0 Å². The third-order valence-corrected chi connectivity index (χ3v) is 1.93. The van der Waals surface area contributed by atoms with Crippen LogP contribution in [0.3, 0.4) is 0 Å². The minimum absolute atomic E-state index is 0.0366. The van der Waals surface area contributed by atoms with Gasteiger partial charge >= 0.3 is 12.4 Å². The summed E-state index contributed by atoms with van der Waals surface area (Å²) in [5.41, 5.74) is -3.27. The van der Waals surface area contributed by atoms with E-state index >= 15 is 0 Å². The van der Waals surface area contributed by atoms with Crippen molar-refractivity contribution < 1.29 is 26.3 Å². The first kappa shape index (κ1) is 14.2. The monoisotopic (exact) mass is 266 g/mol. The van der Waals surface area contributed by atoms with Gasteiger partial charge in [-0.15, -0.1) is 6.42 Å². The van der Waals surface area contributed by atoms with Crippen molar-refractivity contribution in [1.82, 2.24) is 5.32 Å². The van der Waals surface area contributed by atoms with Crippen LogP contribution < -0.4 is 5.32 Å². The molecule has 0 fully saturated rings. The maximum absolute atomic E-state index is 12.4. The Bertz CT molecular complexity index is 434. The number of terminal acetylenes is 1. The Hall–Kier alpha value is -1.84. The second kappa shape index (κ2) is 4.80. The molecule has 1 rings (SSSR count). The van der Waals surface area contributed by atoms with E-state index in [-0.39, 0.29) is 12.6 Å². The molecule has 0 spiro atoms. The number of hydrogen-bond donors (Lipinski definition) is 0. The molecule has 1 radical (unpaired) electrons. The van der Waals surface area contributed by atoms with Crippen molar-refractivity contribution in [2.75, 3.05) is 6.54 Å². The van der Waals surface area contributed by atoms with Gasteiger partial charge in [0.2, 0.25) is 0 Å². The smallest absolute Gasteiger partial charge is 0.272 e. The van der Waals surface area contributed by atoms with E-state index < -0.39 is 29.2 Å². The largest absolute Gasteiger partial charge is 0.416 e. The minimum atomic E-state index is -4.87. The lowest BCUT2D eigenvalue weighted by molar-refractivity contribution is -0.143. The van der Waals surface area contributed by atoms with Crippen molar-refractivity contribution in [1.29, 1.82) is 0 Å². The van der Waals surface area contributed by atoms with Crippen LogP contribution >= 0.6 is 0 Å². The molecule has 0 atom stereocenters. The number of alkyl halides is 6. The quantitative estimate of drug-likeness (QED) is 0.573. The molecule has 0 saturated heterocycles. The van der Waals surface area contributed by atoms with Gasteiger partial charge in [0.05, 0.1) is 16.8 Å². The summed E-state index contributed by atoms with van der Waals surface area (Å²) in [6.07, 6.45) is -4.91. The highest BCUT2D eigenvalue weighted by Gasteiger charge is 2.36. The third kappa shape index (κ3) is 3.58. The zero-order valence-electron chi connectivity index (χ0n) is 8.73. The first-order valence-electron chi connectivity index (χ1n) is 4.55. The molecule has 0 unspecified atom stereocenters. The van der Waals surface area contributed by atoms with E-state index in [0.717, 1.165) is 0 Å². The molecule has 1 aromatic carbocycles. The second-order valence-electron chi connectivity index (χ2n) is 3.28. The second-order valence-corrected chi connectivity index (χ2v) is 3.28. The maximum Gasteiger partial charge on any atom is 0.416 e. The summed E-state index contributed by atoms with van der Waals surface area (Å²) >= 11 is 0. The number of benzene rings is 1. The van der Waals surface area contributed by atoms with Gasteiger partial charge in [0.15, 0.2) is 0 Å². The summed E-state index contributed by atoms with van der Waals surface area (Å²) in [6.45, 7) is -0.293. The zero-order chi connectivity index (χ0) is 14.0. The van der Waals surface area contributed by atoms with E-state index in [9.17, 15) is 26.3 Å². The summed E-state index contributed by atoms with van der Waals surface area (Å²) in [5.74, 6) is 2.00. The fraction of sp³-hybridized carbons (Fsp3) is 0.273. The van der Waals surface area contributed by atoms with Crippen molar-refractivity contribution in [2.45, 2.75) is 12.4 Å². The van der Waals surface area contributed by atoms with Crippen LogP contribution in [0.4, 0.5) is 32.0 Å². The van der Waals surface area contributed by atoms with Crippen LogP contribution in [0, 0.1) is 12.3 Å². The zero-order valence-corrected chi connectivity index (χ0v) is 8.73. The molecule has 0 aliphatic carbocycles. The first-order valence-corrected chi connectivity index (χ1v) is 4.55. The van der Waals surface area contributed by atoms with E-state index in [4.69, 9.17) is 6.42 Å². The molecule has 0 aliphatic rings. The van der Waals surface area contributed by atoms with Crippen molar-refractivity contribution in [3.63, 3.8) is 0 Å². The van der Waals surface area contributed by atoms with Crippen LogP contribution in [0.2, 0.25) is 0 Å². The van der Waals surface area contributed by atoms with Crippen molar-refractivity contribution in [3.8, 4) is 12.3 Å². The van der Waals surface area contributed by atoms with Crippen LogP contribution in [-0.4, -0.2) is 6.54 Å². The highest BCUT2D eigenvalue weighted by molar-refractivity contribution is 5.45. The predicted octanol–water partition coefficient (Wildman–Crippen LogP) is 3.59. The number of halogens is 6. The van der Waals surface area contributed by atoms with Crippen LogP contribution in [0.5, 0.6) is 0 Å². The lowest BCUT2D eigenvalue weighted by Crippen LogP contribution is -2.12. The molecule has 0 aromatic heterocycles. The van der Waals surface area contributed by atoms with Crippen LogP contribution in [-0.2, 0) is 12.4 Å². The van der Waals surface area contributed by atoms with Crippen LogP contribution in [0.25, 0.3) is 0 Å². The standard InChI is InChI=1S/C11H6F6N/c1-2-3-18-9-5-7(10(12,13)14)4-8(6-9)11(15,16)17/h1,4-6H,3H2. The summed E-state index contributed by atoms with van der Waals surface area (Å²) < 4.78 is 74.5. The van der Waals surface area contributed by atoms with Gasteiger partial charge in [-0.25, -0.2) is 0 Å². The average molecular weight is 266 g/mol. The summed E-state index contributed by atoms with van der Waals surface area (Å²) in [4.78, 5) is 0. The lowest BCUT2D eigenvalue weighted by atomic mass is 10.1. The molecule has 0 aliphatic heterocycles. The van der Waals surface area contributed by atoms with Crippen LogP contribution in [0.1, 0.15) is 11.1 Å². The van der Waals surface area contributed by atoms with Crippen molar-refractivity contribution >= 4 is 5.69 Å². The fourth-order valence-electron chi connectivity index (χ4n) is 1.17. The van der Waals surface area contributed by atoms with Gasteiger partial charge in [-0.2, -0.15) is 26.3 Å². The molecule has 0 bridgehead atoms. The molecule has 97 valence electrons. The lowest BCUT2D eigenvalue weighted by Gasteiger charge is -2.13. The molecule has 7 heteroatoms. The Morgan fingerprint density at radius 3 is 1.72 bits per heavy atom. The predicted molar refractivity (Wildman–Crippen MR) is 51.9 cm³/mol.